The number of amides is 1. The predicted molar refractivity (Wildman–Crippen MR) is 65.8 cm³/mol. The quantitative estimate of drug-likeness (QED) is 0.818. The molecule has 0 atom stereocenters. The van der Waals surface area contributed by atoms with Crippen molar-refractivity contribution in [3.05, 3.63) is 23.5 Å². The van der Waals surface area contributed by atoms with Gasteiger partial charge in [-0.3, -0.25) is 4.79 Å². The Kier molecular flexibility index (Phi) is 3.34. The Bertz CT molecular complexity index is 489. The molecule has 1 aliphatic carbocycles. The molecule has 0 radical (unpaired) electrons. The maximum absolute atomic E-state index is 11.7. The van der Waals surface area contributed by atoms with Gasteiger partial charge in [-0.2, -0.15) is 5.26 Å². The van der Waals surface area contributed by atoms with E-state index in [4.69, 9.17) is 5.26 Å². The summed E-state index contributed by atoms with van der Waals surface area (Å²) in [7, 11) is 3.34. The van der Waals surface area contributed by atoms with E-state index >= 15 is 0 Å². The first-order valence-electron chi connectivity index (χ1n) is 5.41. The predicted octanol–water partition coefficient (Wildman–Crippen LogP) is 1.91. The normalized spacial score (nSPS) is 14.2. The molecule has 0 unspecified atom stereocenters. The van der Waals surface area contributed by atoms with Crippen LogP contribution in [-0.2, 0) is 0 Å². The van der Waals surface area contributed by atoms with Crippen molar-refractivity contribution in [2.24, 2.45) is 0 Å². The fourth-order valence-corrected chi connectivity index (χ4v) is 2.42. The largest absolute Gasteiger partial charge is 0.343 e. The van der Waals surface area contributed by atoms with Crippen molar-refractivity contribution in [3.8, 4) is 6.07 Å². The number of carbonyl (C=O) groups excluding carboxylic acids is 1. The molecular weight excluding hydrogens is 234 g/mol. The minimum atomic E-state index is -0.176. The molecular formula is C12H13N3OS. The Morgan fingerprint density at radius 1 is 1.53 bits per heavy atom. The van der Waals surface area contributed by atoms with Gasteiger partial charge < -0.3 is 4.90 Å². The van der Waals surface area contributed by atoms with Crippen molar-refractivity contribution in [3.63, 3.8) is 0 Å². The van der Waals surface area contributed by atoms with Crippen molar-refractivity contribution < 1.29 is 4.79 Å². The molecule has 88 valence electrons. The van der Waals surface area contributed by atoms with Gasteiger partial charge in [0.15, 0.2) is 5.69 Å². The monoisotopic (exact) mass is 247 g/mol. The summed E-state index contributed by atoms with van der Waals surface area (Å²) in [6, 6.07) is 5.57. The first kappa shape index (κ1) is 11.9. The van der Waals surface area contributed by atoms with Crippen molar-refractivity contribution in [2.75, 3.05) is 14.1 Å². The fraction of sp³-hybridized carbons (Fsp3) is 0.417. The Balaban J connectivity index is 2.27. The maximum atomic E-state index is 11.7. The average molecular weight is 247 g/mol. The lowest BCUT2D eigenvalue weighted by molar-refractivity contribution is 0.0822. The van der Waals surface area contributed by atoms with E-state index < -0.39 is 0 Å². The van der Waals surface area contributed by atoms with Gasteiger partial charge in [0.1, 0.15) is 11.8 Å². The third-order valence-corrected chi connectivity index (χ3v) is 3.80. The van der Waals surface area contributed by atoms with E-state index in [2.05, 4.69) is 11.1 Å². The molecule has 17 heavy (non-hydrogen) atoms. The second kappa shape index (κ2) is 4.76. The molecule has 0 spiro atoms. The minimum absolute atomic E-state index is 0.176. The van der Waals surface area contributed by atoms with Crippen LogP contribution in [0.3, 0.4) is 0 Å². The summed E-state index contributed by atoms with van der Waals surface area (Å²) < 4.78 is 0. The molecule has 0 saturated heterocycles. The third kappa shape index (κ3) is 2.77. The van der Waals surface area contributed by atoms with Gasteiger partial charge in [0.2, 0.25) is 0 Å². The molecule has 1 heterocycles. The number of nitrogens with zero attached hydrogens (tertiary/aromatic N) is 3. The van der Waals surface area contributed by atoms with Crippen LogP contribution in [0.4, 0.5) is 0 Å². The first-order valence-corrected chi connectivity index (χ1v) is 6.29. The van der Waals surface area contributed by atoms with Crippen LogP contribution in [0.1, 0.15) is 29.0 Å². The van der Waals surface area contributed by atoms with Crippen LogP contribution in [0.2, 0.25) is 0 Å². The summed E-state index contributed by atoms with van der Waals surface area (Å²) in [5.74, 6) is -0.176. The van der Waals surface area contributed by atoms with Crippen molar-refractivity contribution in [2.45, 2.75) is 23.0 Å². The summed E-state index contributed by atoms with van der Waals surface area (Å²) in [6.07, 6.45) is 2.40. The second-order valence-corrected chi connectivity index (χ2v) is 5.51. The van der Waals surface area contributed by atoms with Gasteiger partial charge in [-0.05, 0) is 25.0 Å². The zero-order valence-electron chi connectivity index (χ0n) is 9.80. The highest BCUT2D eigenvalue weighted by molar-refractivity contribution is 8.00. The van der Waals surface area contributed by atoms with E-state index in [1.54, 1.807) is 31.9 Å². The smallest absolute Gasteiger partial charge is 0.271 e. The minimum Gasteiger partial charge on any atom is -0.343 e. The summed E-state index contributed by atoms with van der Waals surface area (Å²) >= 11 is 1.68. The third-order valence-electron chi connectivity index (χ3n) is 2.41. The van der Waals surface area contributed by atoms with E-state index in [9.17, 15) is 4.79 Å². The zero-order chi connectivity index (χ0) is 12.4. The molecule has 2 rings (SSSR count). The number of pyridine rings is 1. The van der Waals surface area contributed by atoms with Gasteiger partial charge >= 0.3 is 0 Å². The molecule has 1 fully saturated rings. The summed E-state index contributed by atoms with van der Waals surface area (Å²) in [5.41, 5.74) is 0.682. The molecule has 1 aliphatic rings. The van der Waals surface area contributed by atoms with E-state index in [1.165, 1.54) is 17.7 Å². The highest BCUT2D eigenvalue weighted by Gasteiger charge is 2.24. The fourth-order valence-electron chi connectivity index (χ4n) is 1.34. The SMILES string of the molecule is CN(C)C(=O)c1ccc(SC2CC2)c(C#N)n1. The van der Waals surface area contributed by atoms with Crippen LogP contribution in [0.5, 0.6) is 0 Å². The van der Waals surface area contributed by atoms with Gasteiger partial charge in [-0.25, -0.2) is 4.98 Å². The second-order valence-electron chi connectivity index (χ2n) is 4.17. The van der Waals surface area contributed by atoms with E-state index in [-0.39, 0.29) is 5.91 Å². The Morgan fingerprint density at radius 2 is 2.24 bits per heavy atom. The van der Waals surface area contributed by atoms with Gasteiger partial charge in [-0.1, -0.05) is 0 Å². The van der Waals surface area contributed by atoms with Crippen LogP contribution in [0, 0.1) is 11.3 Å². The number of aromatic nitrogens is 1. The van der Waals surface area contributed by atoms with Gasteiger partial charge in [0, 0.05) is 24.2 Å². The van der Waals surface area contributed by atoms with Crippen LogP contribution < -0.4 is 0 Å². The summed E-state index contributed by atoms with van der Waals surface area (Å²) in [5, 5.41) is 9.67. The Labute approximate surface area is 105 Å². The van der Waals surface area contributed by atoms with Crippen molar-refractivity contribution in [1.29, 1.82) is 5.26 Å². The lowest BCUT2D eigenvalue weighted by Gasteiger charge is -2.10. The first-order chi connectivity index (χ1) is 8.11. The number of rotatable bonds is 3. The molecule has 1 aromatic rings. The van der Waals surface area contributed by atoms with Crippen LogP contribution in [0.25, 0.3) is 0 Å². The molecule has 1 amide bonds. The van der Waals surface area contributed by atoms with Gasteiger partial charge in [0.05, 0.1) is 0 Å². The number of thioether (sulfide) groups is 1. The van der Waals surface area contributed by atoms with Crippen molar-refractivity contribution >= 4 is 17.7 Å². The topological polar surface area (TPSA) is 57.0 Å². The van der Waals surface area contributed by atoms with E-state index in [0.29, 0.717) is 16.6 Å². The van der Waals surface area contributed by atoms with Crippen LogP contribution >= 0.6 is 11.8 Å². The number of nitriles is 1. The molecule has 1 saturated carbocycles. The molecule has 0 aliphatic heterocycles. The van der Waals surface area contributed by atoms with Crippen LogP contribution in [0.15, 0.2) is 17.0 Å². The van der Waals surface area contributed by atoms with Crippen molar-refractivity contribution in [1.82, 2.24) is 9.88 Å². The molecule has 0 bridgehead atoms. The zero-order valence-corrected chi connectivity index (χ0v) is 10.6. The van der Waals surface area contributed by atoms with Gasteiger partial charge in [-0.15, -0.1) is 11.8 Å². The Hall–Kier alpha value is -1.54. The van der Waals surface area contributed by atoms with E-state index in [0.717, 1.165) is 4.90 Å². The summed E-state index contributed by atoms with van der Waals surface area (Å²) in [4.78, 5) is 18.2. The summed E-state index contributed by atoms with van der Waals surface area (Å²) in [6.45, 7) is 0. The molecule has 4 nitrogen and oxygen atoms in total. The highest BCUT2D eigenvalue weighted by Crippen LogP contribution is 2.39. The average Bonchev–Trinajstić information content (AvgIpc) is 3.12. The molecule has 1 aromatic heterocycles. The molecule has 0 N–H and O–H groups in total. The molecule has 0 aromatic carbocycles. The van der Waals surface area contributed by atoms with Gasteiger partial charge in [0.25, 0.3) is 5.91 Å². The lowest BCUT2D eigenvalue weighted by Crippen LogP contribution is -2.23. The number of carbonyl (C=O) groups is 1. The molecule has 5 heteroatoms. The number of hydrogen-bond donors (Lipinski definition) is 0. The highest BCUT2D eigenvalue weighted by atomic mass is 32.2. The van der Waals surface area contributed by atoms with E-state index in [1.807, 2.05) is 6.07 Å². The maximum Gasteiger partial charge on any atom is 0.271 e. The standard InChI is InChI=1S/C12H13N3OS/c1-15(2)12(16)9-5-6-11(10(7-13)14-9)17-8-3-4-8/h5-6,8H,3-4H2,1-2H3. The lowest BCUT2D eigenvalue weighted by atomic mass is 10.3. The Morgan fingerprint density at radius 3 is 2.76 bits per heavy atom. The number of hydrogen-bond acceptors (Lipinski definition) is 4. The van der Waals surface area contributed by atoms with Crippen LogP contribution in [-0.4, -0.2) is 35.1 Å².